The number of aliphatic hydroxyl groups is 1. The van der Waals surface area contributed by atoms with Gasteiger partial charge in [0.05, 0.1) is 29.1 Å². The number of nitro groups is 2. The lowest BCUT2D eigenvalue weighted by molar-refractivity contribution is -0.393. The molecule has 0 atom stereocenters. The molecule has 2 N–H and O–H groups in total. The van der Waals surface area contributed by atoms with Gasteiger partial charge in [0, 0.05) is 19.2 Å². The van der Waals surface area contributed by atoms with E-state index >= 15 is 0 Å². The number of nitrogens with zero attached hydrogens (tertiary/aromatic N) is 4. The summed E-state index contributed by atoms with van der Waals surface area (Å²) in [5.41, 5.74) is -1.09. The second kappa shape index (κ2) is 8.22. The summed E-state index contributed by atoms with van der Waals surface area (Å²) >= 11 is 0. The maximum atomic E-state index is 12.3. The van der Waals surface area contributed by atoms with Crippen LogP contribution in [0, 0.1) is 20.2 Å². The van der Waals surface area contributed by atoms with Gasteiger partial charge in [0.15, 0.2) is 0 Å². The fourth-order valence-electron chi connectivity index (χ4n) is 3.41. The van der Waals surface area contributed by atoms with Crippen LogP contribution in [0.15, 0.2) is 23.9 Å². The number of β-amino-alcohol motifs (C(OH)–C–C–N with tert-alkyl or cyclic N) is 1. The zero-order chi connectivity index (χ0) is 21.1. The van der Waals surface area contributed by atoms with Gasteiger partial charge in [-0.05, 0) is 25.3 Å². The highest BCUT2D eigenvalue weighted by Gasteiger charge is 2.34. The van der Waals surface area contributed by atoms with E-state index in [1.807, 2.05) is 0 Å². The van der Waals surface area contributed by atoms with E-state index in [0.717, 1.165) is 36.3 Å². The Hall–Kier alpha value is -3.54. The predicted molar refractivity (Wildman–Crippen MR) is 101 cm³/mol. The minimum Gasteiger partial charge on any atom is -0.395 e. The summed E-state index contributed by atoms with van der Waals surface area (Å²) in [5.74, 6) is -1.40. The fourth-order valence-corrected chi connectivity index (χ4v) is 3.41. The molecule has 1 aromatic carbocycles. The Balaban J connectivity index is 2.02. The number of imide groups is 1. The van der Waals surface area contributed by atoms with E-state index in [-0.39, 0.29) is 23.6 Å². The van der Waals surface area contributed by atoms with E-state index < -0.39 is 39.6 Å². The number of anilines is 2. The maximum Gasteiger partial charge on any atom is 0.299 e. The number of nitro benzene ring substituents is 2. The van der Waals surface area contributed by atoms with Crippen molar-refractivity contribution in [1.82, 2.24) is 4.90 Å². The molecule has 2 aliphatic heterocycles. The molecule has 1 fully saturated rings. The Morgan fingerprint density at radius 3 is 2.28 bits per heavy atom. The summed E-state index contributed by atoms with van der Waals surface area (Å²) in [6, 6.07) is 2.13. The molecule has 12 heteroatoms. The van der Waals surface area contributed by atoms with Crippen molar-refractivity contribution >= 4 is 34.6 Å². The third kappa shape index (κ3) is 4.01. The molecule has 0 bridgehead atoms. The normalized spacial score (nSPS) is 16.8. The van der Waals surface area contributed by atoms with Crippen LogP contribution in [-0.4, -0.2) is 57.9 Å². The first-order chi connectivity index (χ1) is 13.8. The number of nitrogens with one attached hydrogen (secondary N) is 1. The van der Waals surface area contributed by atoms with Crippen LogP contribution >= 0.6 is 0 Å². The summed E-state index contributed by atoms with van der Waals surface area (Å²) in [6.45, 7) is 0.515. The fraction of sp³-hybridized carbons (Fsp3) is 0.412. The smallest absolute Gasteiger partial charge is 0.299 e. The molecule has 1 saturated heterocycles. The highest BCUT2D eigenvalue weighted by molar-refractivity contribution is 6.17. The minimum atomic E-state index is -0.789. The molecule has 0 aliphatic carbocycles. The number of hydrogen-bond donors (Lipinski definition) is 2. The molecule has 12 nitrogen and oxygen atoms in total. The van der Waals surface area contributed by atoms with Crippen LogP contribution < -0.4 is 10.2 Å². The number of aliphatic hydroxyl groups excluding tert-OH is 1. The van der Waals surface area contributed by atoms with Gasteiger partial charge in [-0.25, -0.2) is 0 Å². The van der Waals surface area contributed by atoms with E-state index in [9.17, 15) is 29.8 Å². The second-order valence-electron chi connectivity index (χ2n) is 6.62. The van der Waals surface area contributed by atoms with Gasteiger partial charge in [0.2, 0.25) is 0 Å². The molecule has 154 valence electrons. The molecule has 0 spiro atoms. The van der Waals surface area contributed by atoms with Crippen molar-refractivity contribution in [3.63, 3.8) is 0 Å². The Morgan fingerprint density at radius 2 is 1.69 bits per heavy atom. The molecule has 0 radical (unpaired) electrons. The van der Waals surface area contributed by atoms with E-state index in [1.54, 1.807) is 4.90 Å². The number of carbonyl (C=O) groups excluding carboxylic acids is 2. The van der Waals surface area contributed by atoms with Crippen LogP contribution in [0.1, 0.15) is 19.3 Å². The SMILES string of the molecule is O=C1C=C(Nc2cc(N3CCCCC3)c([N+](=O)[O-])cc2[N+](=O)[O-])C(=O)N1CCO. The number of rotatable bonds is 7. The van der Waals surface area contributed by atoms with Gasteiger partial charge in [-0.3, -0.25) is 34.7 Å². The van der Waals surface area contributed by atoms with E-state index in [1.165, 1.54) is 6.07 Å². The Morgan fingerprint density at radius 1 is 1.03 bits per heavy atom. The van der Waals surface area contributed by atoms with Crippen LogP contribution in [0.4, 0.5) is 22.7 Å². The molecular weight excluding hydrogens is 386 g/mol. The van der Waals surface area contributed by atoms with Crippen molar-refractivity contribution in [3.05, 3.63) is 44.1 Å². The van der Waals surface area contributed by atoms with Gasteiger partial charge in [-0.15, -0.1) is 0 Å². The minimum absolute atomic E-state index is 0.126. The predicted octanol–water partition coefficient (Wildman–Crippen LogP) is 1.15. The topological polar surface area (TPSA) is 159 Å². The number of benzene rings is 1. The third-order valence-corrected chi connectivity index (χ3v) is 4.79. The van der Waals surface area contributed by atoms with Gasteiger partial charge in [-0.2, -0.15) is 0 Å². The molecule has 0 aromatic heterocycles. The van der Waals surface area contributed by atoms with Gasteiger partial charge in [0.1, 0.15) is 17.1 Å². The molecule has 29 heavy (non-hydrogen) atoms. The number of piperidine rings is 1. The summed E-state index contributed by atoms with van der Waals surface area (Å²) in [4.78, 5) is 48.3. The molecule has 0 unspecified atom stereocenters. The maximum absolute atomic E-state index is 12.3. The van der Waals surface area contributed by atoms with Crippen molar-refractivity contribution in [2.24, 2.45) is 0 Å². The standard InChI is InChI=1S/C17H19N5O7/c23-7-6-20-16(24)9-12(17(20)25)18-11-8-14(19-4-2-1-3-5-19)15(22(28)29)10-13(11)21(26)27/h8-10,18,23H,1-7H2. The summed E-state index contributed by atoms with van der Waals surface area (Å²) in [5, 5.41) is 34.5. The molecule has 1 aromatic rings. The van der Waals surface area contributed by atoms with Crippen LogP contribution in [0.3, 0.4) is 0 Å². The highest BCUT2D eigenvalue weighted by Crippen LogP contribution is 2.39. The monoisotopic (exact) mass is 405 g/mol. The Labute approximate surface area is 164 Å². The zero-order valence-corrected chi connectivity index (χ0v) is 15.4. The van der Waals surface area contributed by atoms with Crippen LogP contribution in [-0.2, 0) is 9.59 Å². The Bertz CT molecular complexity index is 908. The lowest BCUT2D eigenvalue weighted by Crippen LogP contribution is -2.34. The van der Waals surface area contributed by atoms with Crippen molar-refractivity contribution in [3.8, 4) is 0 Å². The van der Waals surface area contributed by atoms with E-state index in [2.05, 4.69) is 5.32 Å². The molecular formula is C17H19N5O7. The van der Waals surface area contributed by atoms with Crippen LogP contribution in [0.2, 0.25) is 0 Å². The second-order valence-corrected chi connectivity index (χ2v) is 6.62. The van der Waals surface area contributed by atoms with Crippen molar-refractivity contribution in [2.75, 3.05) is 36.5 Å². The number of hydrogen-bond acceptors (Lipinski definition) is 9. The van der Waals surface area contributed by atoms with Gasteiger partial charge >= 0.3 is 0 Å². The van der Waals surface area contributed by atoms with Gasteiger partial charge < -0.3 is 15.3 Å². The summed E-state index contributed by atoms with van der Waals surface area (Å²) in [7, 11) is 0. The molecule has 2 aliphatic rings. The third-order valence-electron chi connectivity index (χ3n) is 4.79. The highest BCUT2D eigenvalue weighted by atomic mass is 16.6. The average Bonchev–Trinajstić information content (AvgIpc) is 2.95. The summed E-state index contributed by atoms with van der Waals surface area (Å²) in [6.07, 6.45) is 3.65. The van der Waals surface area contributed by atoms with Crippen molar-refractivity contribution < 1.29 is 24.5 Å². The van der Waals surface area contributed by atoms with Crippen LogP contribution in [0.5, 0.6) is 0 Å². The van der Waals surface area contributed by atoms with Gasteiger partial charge in [0.25, 0.3) is 23.2 Å². The molecule has 3 rings (SSSR count). The van der Waals surface area contributed by atoms with Crippen molar-refractivity contribution in [1.29, 1.82) is 0 Å². The first-order valence-electron chi connectivity index (χ1n) is 9.00. The largest absolute Gasteiger partial charge is 0.395 e. The zero-order valence-electron chi connectivity index (χ0n) is 15.4. The first kappa shape index (κ1) is 20.2. The Kier molecular flexibility index (Phi) is 5.73. The lowest BCUT2D eigenvalue weighted by Gasteiger charge is -2.28. The first-order valence-corrected chi connectivity index (χ1v) is 9.00. The molecule has 2 heterocycles. The number of amides is 2. The van der Waals surface area contributed by atoms with Crippen molar-refractivity contribution in [2.45, 2.75) is 19.3 Å². The molecule has 2 amide bonds. The van der Waals surface area contributed by atoms with E-state index in [0.29, 0.717) is 13.1 Å². The molecule has 0 saturated carbocycles. The lowest BCUT2D eigenvalue weighted by atomic mass is 10.1. The summed E-state index contributed by atoms with van der Waals surface area (Å²) < 4.78 is 0. The van der Waals surface area contributed by atoms with Gasteiger partial charge in [-0.1, -0.05) is 0 Å². The quantitative estimate of drug-likeness (QED) is 0.385. The number of carbonyl (C=O) groups is 2. The average molecular weight is 405 g/mol. The van der Waals surface area contributed by atoms with E-state index in [4.69, 9.17) is 5.11 Å². The van der Waals surface area contributed by atoms with Crippen LogP contribution in [0.25, 0.3) is 0 Å².